The van der Waals surface area contributed by atoms with Crippen LogP contribution in [-0.2, 0) is 11.2 Å². The van der Waals surface area contributed by atoms with Crippen LogP contribution in [0.2, 0.25) is 0 Å². The summed E-state index contributed by atoms with van der Waals surface area (Å²) in [6, 6.07) is 11.5. The standard InChI is InChI=1S/C20H18N4O2S/c1-12-3-4-13(2)17(7-12)24-11-21-23-20(24)27-10-18(25)14-5-6-16-15(8-14)9-19(26)22-16/h3-8,11H,9-10H2,1-2H3,(H,22,26). The van der Waals surface area contributed by atoms with E-state index in [2.05, 4.69) is 33.7 Å². The van der Waals surface area contributed by atoms with Crippen LogP contribution < -0.4 is 5.32 Å². The van der Waals surface area contributed by atoms with E-state index < -0.39 is 0 Å². The Bertz CT molecular complexity index is 1060. The maximum atomic E-state index is 12.6. The highest BCUT2D eigenvalue weighted by molar-refractivity contribution is 7.99. The van der Waals surface area contributed by atoms with Gasteiger partial charge in [-0.05, 0) is 54.8 Å². The van der Waals surface area contributed by atoms with Crippen molar-refractivity contribution >= 4 is 29.1 Å². The molecule has 6 nitrogen and oxygen atoms in total. The van der Waals surface area contributed by atoms with Gasteiger partial charge in [0, 0.05) is 11.3 Å². The number of nitrogens with zero attached hydrogens (tertiary/aromatic N) is 3. The number of nitrogens with one attached hydrogen (secondary N) is 1. The second-order valence-corrected chi connectivity index (χ2v) is 7.52. The van der Waals surface area contributed by atoms with Crippen molar-refractivity contribution in [2.45, 2.75) is 25.4 Å². The lowest BCUT2D eigenvalue weighted by Gasteiger charge is -2.10. The third kappa shape index (κ3) is 3.50. The number of thioether (sulfide) groups is 1. The lowest BCUT2D eigenvalue weighted by molar-refractivity contribution is -0.115. The van der Waals surface area contributed by atoms with E-state index in [9.17, 15) is 9.59 Å². The SMILES string of the molecule is Cc1ccc(C)c(-n2cnnc2SCC(=O)c2ccc3c(c2)CC(=O)N3)c1. The van der Waals surface area contributed by atoms with E-state index in [0.29, 0.717) is 17.1 Å². The van der Waals surface area contributed by atoms with Crippen LogP contribution in [0.5, 0.6) is 0 Å². The Balaban J connectivity index is 1.51. The summed E-state index contributed by atoms with van der Waals surface area (Å²) in [5.41, 5.74) is 5.54. The van der Waals surface area contributed by atoms with Crippen molar-refractivity contribution in [3.05, 3.63) is 65.0 Å². The number of hydrogen-bond acceptors (Lipinski definition) is 5. The number of aromatic nitrogens is 3. The van der Waals surface area contributed by atoms with Gasteiger partial charge in [0.25, 0.3) is 0 Å². The molecule has 0 fully saturated rings. The molecule has 1 aromatic heterocycles. The highest BCUT2D eigenvalue weighted by atomic mass is 32.2. The smallest absolute Gasteiger partial charge is 0.228 e. The average Bonchev–Trinajstić information content (AvgIpc) is 3.26. The number of ketones is 1. The number of fused-ring (bicyclic) bond motifs is 1. The molecule has 0 bridgehead atoms. The molecule has 0 saturated carbocycles. The van der Waals surface area contributed by atoms with Gasteiger partial charge in [0.05, 0.1) is 17.9 Å². The Labute approximate surface area is 161 Å². The zero-order valence-electron chi connectivity index (χ0n) is 15.0. The molecule has 0 radical (unpaired) electrons. The lowest BCUT2D eigenvalue weighted by Crippen LogP contribution is -2.05. The molecule has 3 aromatic rings. The largest absolute Gasteiger partial charge is 0.326 e. The summed E-state index contributed by atoms with van der Waals surface area (Å²) in [5.74, 6) is 0.215. The topological polar surface area (TPSA) is 76.9 Å². The molecule has 1 N–H and O–H groups in total. The van der Waals surface area contributed by atoms with Gasteiger partial charge in [0.1, 0.15) is 6.33 Å². The minimum Gasteiger partial charge on any atom is -0.326 e. The first-order valence-electron chi connectivity index (χ1n) is 8.57. The lowest BCUT2D eigenvalue weighted by atomic mass is 10.1. The van der Waals surface area contributed by atoms with Crippen LogP contribution in [0.25, 0.3) is 5.69 Å². The zero-order chi connectivity index (χ0) is 19.0. The number of anilines is 1. The van der Waals surface area contributed by atoms with Gasteiger partial charge in [0.2, 0.25) is 5.91 Å². The minimum atomic E-state index is -0.0365. The van der Waals surface area contributed by atoms with Crippen LogP contribution in [0.15, 0.2) is 47.9 Å². The van der Waals surface area contributed by atoms with Crippen molar-refractivity contribution in [3.63, 3.8) is 0 Å². The van der Waals surface area contributed by atoms with Crippen molar-refractivity contribution in [1.82, 2.24) is 14.8 Å². The summed E-state index contributed by atoms with van der Waals surface area (Å²) >= 11 is 1.36. The predicted octanol–water partition coefficient (Wildman–Crippen LogP) is 3.35. The Morgan fingerprint density at radius 2 is 2.07 bits per heavy atom. The summed E-state index contributed by atoms with van der Waals surface area (Å²) in [6.45, 7) is 4.07. The monoisotopic (exact) mass is 378 g/mol. The van der Waals surface area contributed by atoms with E-state index >= 15 is 0 Å². The molecule has 0 aliphatic carbocycles. The van der Waals surface area contributed by atoms with Gasteiger partial charge < -0.3 is 5.32 Å². The zero-order valence-corrected chi connectivity index (χ0v) is 15.8. The van der Waals surface area contributed by atoms with E-state index in [4.69, 9.17) is 0 Å². The molecule has 7 heteroatoms. The molecule has 0 atom stereocenters. The van der Waals surface area contributed by atoms with Gasteiger partial charge in [-0.3, -0.25) is 14.2 Å². The van der Waals surface area contributed by atoms with Crippen LogP contribution in [-0.4, -0.2) is 32.2 Å². The van der Waals surface area contributed by atoms with E-state index in [-0.39, 0.29) is 17.4 Å². The number of benzene rings is 2. The quantitative estimate of drug-likeness (QED) is 0.544. The average molecular weight is 378 g/mol. The van der Waals surface area contributed by atoms with Crippen molar-refractivity contribution in [2.75, 3.05) is 11.1 Å². The number of rotatable bonds is 5. The summed E-state index contributed by atoms with van der Waals surface area (Å²) in [5, 5.41) is 11.6. The van der Waals surface area contributed by atoms with Crippen molar-refractivity contribution in [2.24, 2.45) is 0 Å². The number of aryl methyl sites for hydroxylation is 2. The Hall–Kier alpha value is -2.93. The number of carbonyl (C=O) groups is 2. The van der Waals surface area contributed by atoms with Crippen LogP contribution in [0.4, 0.5) is 5.69 Å². The summed E-state index contributed by atoms with van der Waals surface area (Å²) < 4.78 is 1.91. The fourth-order valence-corrected chi connectivity index (χ4v) is 3.90. The molecule has 2 heterocycles. The molecule has 0 spiro atoms. The highest BCUT2D eigenvalue weighted by Crippen LogP contribution is 2.26. The van der Waals surface area contributed by atoms with E-state index in [1.54, 1.807) is 24.5 Å². The molecular formula is C20H18N4O2S. The Morgan fingerprint density at radius 1 is 1.22 bits per heavy atom. The van der Waals surface area contributed by atoms with Crippen molar-refractivity contribution in [3.8, 4) is 5.69 Å². The van der Waals surface area contributed by atoms with Crippen molar-refractivity contribution in [1.29, 1.82) is 0 Å². The van der Waals surface area contributed by atoms with Gasteiger partial charge in [-0.15, -0.1) is 10.2 Å². The highest BCUT2D eigenvalue weighted by Gasteiger charge is 2.19. The molecule has 136 valence electrons. The molecule has 1 amide bonds. The molecule has 2 aromatic carbocycles. The Kier molecular flexibility index (Phi) is 4.53. The van der Waals surface area contributed by atoms with Gasteiger partial charge in [-0.25, -0.2) is 0 Å². The number of hydrogen-bond donors (Lipinski definition) is 1. The van der Waals surface area contributed by atoms with Gasteiger partial charge in [-0.2, -0.15) is 0 Å². The molecule has 27 heavy (non-hydrogen) atoms. The van der Waals surface area contributed by atoms with E-state index in [0.717, 1.165) is 28.1 Å². The van der Waals surface area contributed by atoms with Crippen LogP contribution >= 0.6 is 11.8 Å². The molecule has 1 aliphatic heterocycles. The van der Waals surface area contributed by atoms with E-state index in [1.807, 2.05) is 18.4 Å². The maximum absolute atomic E-state index is 12.6. The van der Waals surface area contributed by atoms with Crippen LogP contribution in [0, 0.1) is 13.8 Å². The Morgan fingerprint density at radius 3 is 2.93 bits per heavy atom. The van der Waals surface area contributed by atoms with Gasteiger partial charge in [0.15, 0.2) is 10.9 Å². The van der Waals surface area contributed by atoms with Gasteiger partial charge >= 0.3 is 0 Å². The van der Waals surface area contributed by atoms with Crippen molar-refractivity contribution < 1.29 is 9.59 Å². The minimum absolute atomic E-state index is 0.00216. The second-order valence-electron chi connectivity index (χ2n) is 6.58. The second kappa shape index (κ2) is 7.00. The number of Topliss-reactive ketones (excluding diaryl/α,β-unsaturated/α-hetero) is 1. The molecule has 4 rings (SSSR count). The molecule has 0 saturated heterocycles. The van der Waals surface area contributed by atoms with E-state index in [1.165, 1.54) is 11.8 Å². The third-order valence-corrected chi connectivity index (χ3v) is 5.47. The summed E-state index contributed by atoms with van der Waals surface area (Å²) in [4.78, 5) is 24.1. The first kappa shape index (κ1) is 17.5. The first-order chi connectivity index (χ1) is 13.0. The summed E-state index contributed by atoms with van der Waals surface area (Å²) in [7, 11) is 0. The maximum Gasteiger partial charge on any atom is 0.228 e. The van der Waals surface area contributed by atoms with Gasteiger partial charge in [-0.1, -0.05) is 23.9 Å². The molecule has 1 aliphatic rings. The summed E-state index contributed by atoms with van der Waals surface area (Å²) in [6.07, 6.45) is 1.99. The molecule has 0 unspecified atom stereocenters. The first-order valence-corrected chi connectivity index (χ1v) is 9.56. The number of carbonyl (C=O) groups excluding carboxylic acids is 2. The number of amides is 1. The van der Waals surface area contributed by atoms with Crippen LogP contribution in [0.3, 0.4) is 0 Å². The third-order valence-electron chi connectivity index (χ3n) is 4.53. The predicted molar refractivity (Wildman–Crippen MR) is 105 cm³/mol. The van der Waals surface area contributed by atoms with Crippen LogP contribution in [0.1, 0.15) is 27.0 Å². The fraction of sp³-hybridized carbons (Fsp3) is 0.200. The molecular weight excluding hydrogens is 360 g/mol. The fourth-order valence-electron chi connectivity index (χ4n) is 3.08. The normalized spacial score (nSPS) is 12.7.